The summed E-state index contributed by atoms with van der Waals surface area (Å²) in [6, 6.07) is 11.6. The second-order valence-corrected chi connectivity index (χ2v) is 3.40. The van der Waals surface area contributed by atoms with Crippen LogP contribution in [0.3, 0.4) is 0 Å². The summed E-state index contributed by atoms with van der Waals surface area (Å²) in [5, 5.41) is 0. The first-order valence-corrected chi connectivity index (χ1v) is 4.81. The molecule has 2 aromatic rings. The van der Waals surface area contributed by atoms with Crippen molar-refractivity contribution >= 4 is 6.29 Å². The van der Waals surface area contributed by atoms with Gasteiger partial charge in [-0.05, 0) is 35.7 Å². The first-order valence-electron chi connectivity index (χ1n) is 4.81. The van der Waals surface area contributed by atoms with E-state index < -0.39 is 0 Å². The maximum Gasteiger partial charge on any atom is 0.150 e. The Labute approximate surface area is 88.6 Å². The summed E-state index contributed by atoms with van der Waals surface area (Å²) in [6.45, 7) is 0. The van der Waals surface area contributed by atoms with Gasteiger partial charge in [-0.15, -0.1) is 0 Å². The number of pyridine rings is 1. The Kier molecular flexibility index (Phi) is 2.88. The molecule has 1 aromatic heterocycles. The van der Waals surface area contributed by atoms with Crippen molar-refractivity contribution in [2.75, 3.05) is 0 Å². The van der Waals surface area contributed by atoms with E-state index in [-0.39, 0.29) is 0 Å². The van der Waals surface area contributed by atoms with Crippen LogP contribution in [0.5, 0.6) is 0 Å². The summed E-state index contributed by atoms with van der Waals surface area (Å²) in [7, 11) is 0. The molecule has 0 unspecified atom stereocenters. The van der Waals surface area contributed by atoms with Gasteiger partial charge in [0.15, 0.2) is 0 Å². The predicted octanol–water partition coefficient (Wildman–Crippen LogP) is 2.48. The molecule has 0 N–H and O–H groups in total. The Hall–Kier alpha value is -1.96. The van der Waals surface area contributed by atoms with Crippen LogP contribution in [-0.4, -0.2) is 11.3 Å². The fourth-order valence-electron chi connectivity index (χ4n) is 1.51. The van der Waals surface area contributed by atoms with Gasteiger partial charge < -0.3 is 0 Å². The Morgan fingerprint density at radius 1 is 1.07 bits per heavy atom. The van der Waals surface area contributed by atoms with Gasteiger partial charge in [-0.1, -0.05) is 18.2 Å². The lowest BCUT2D eigenvalue weighted by Gasteiger charge is -2.01. The van der Waals surface area contributed by atoms with Gasteiger partial charge >= 0.3 is 0 Å². The second-order valence-electron chi connectivity index (χ2n) is 3.40. The second kappa shape index (κ2) is 4.51. The lowest BCUT2D eigenvalue weighted by atomic mass is 10.0. The number of hydrogen-bond acceptors (Lipinski definition) is 2. The minimum absolute atomic E-state index is 0.724. The van der Waals surface area contributed by atoms with Gasteiger partial charge in [-0.2, -0.15) is 0 Å². The van der Waals surface area contributed by atoms with E-state index in [9.17, 15) is 4.79 Å². The zero-order valence-corrected chi connectivity index (χ0v) is 8.26. The Bertz CT molecular complexity index is 451. The van der Waals surface area contributed by atoms with Crippen LogP contribution in [0.1, 0.15) is 21.5 Å². The molecular formula is C13H11NO. The number of carbonyl (C=O) groups excluding carboxylic acids is 1. The third-order valence-corrected chi connectivity index (χ3v) is 2.24. The van der Waals surface area contributed by atoms with Gasteiger partial charge in [0.05, 0.1) is 0 Å². The molecule has 15 heavy (non-hydrogen) atoms. The standard InChI is InChI=1S/C13H11NO/c15-10-13-3-1-2-12(9-13)8-11-4-6-14-7-5-11/h1-7,9-10H,8H2. The minimum atomic E-state index is 0.724. The lowest BCUT2D eigenvalue weighted by molar-refractivity contribution is 0.112. The molecule has 0 aliphatic rings. The number of aldehydes is 1. The van der Waals surface area contributed by atoms with E-state index in [1.54, 1.807) is 12.4 Å². The molecule has 0 fully saturated rings. The van der Waals surface area contributed by atoms with Crippen molar-refractivity contribution in [2.24, 2.45) is 0 Å². The Morgan fingerprint density at radius 3 is 2.60 bits per heavy atom. The van der Waals surface area contributed by atoms with Crippen LogP contribution in [0.25, 0.3) is 0 Å². The molecule has 1 aromatic carbocycles. The van der Waals surface area contributed by atoms with E-state index in [4.69, 9.17) is 0 Å². The summed E-state index contributed by atoms with van der Waals surface area (Å²) >= 11 is 0. The molecule has 0 bridgehead atoms. The van der Waals surface area contributed by atoms with Crippen molar-refractivity contribution in [3.05, 3.63) is 65.5 Å². The quantitative estimate of drug-likeness (QED) is 0.707. The highest BCUT2D eigenvalue weighted by atomic mass is 16.1. The van der Waals surface area contributed by atoms with E-state index in [2.05, 4.69) is 4.98 Å². The fraction of sp³-hybridized carbons (Fsp3) is 0.0769. The number of hydrogen-bond donors (Lipinski definition) is 0. The average Bonchev–Trinajstić information content (AvgIpc) is 2.31. The highest BCUT2D eigenvalue weighted by Crippen LogP contribution is 2.09. The molecule has 74 valence electrons. The van der Waals surface area contributed by atoms with Crippen molar-refractivity contribution in [1.82, 2.24) is 4.98 Å². The van der Waals surface area contributed by atoms with E-state index in [1.165, 1.54) is 5.56 Å². The Morgan fingerprint density at radius 2 is 1.87 bits per heavy atom. The van der Waals surface area contributed by atoms with E-state index in [0.29, 0.717) is 0 Å². The maximum absolute atomic E-state index is 10.6. The van der Waals surface area contributed by atoms with Gasteiger partial charge in [-0.3, -0.25) is 9.78 Å². The third-order valence-electron chi connectivity index (χ3n) is 2.24. The van der Waals surface area contributed by atoms with E-state index >= 15 is 0 Å². The summed E-state index contributed by atoms with van der Waals surface area (Å²) in [6.07, 6.45) is 5.26. The number of benzene rings is 1. The molecule has 0 saturated carbocycles. The van der Waals surface area contributed by atoms with Crippen molar-refractivity contribution in [1.29, 1.82) is 0 Å². The Balaban J connectivity index is 2.21. The van der Waals surface area contributed by atoms with Crippen LogP contribution in [0.2, 0.25) is 0 Å². The van der Waals surface area contributed by atoms with Gasteiger partial charge in [-0.25, -0.2) is 0 Å². The molecule has 0 spiro atoms. The molecule has 0 aliphatic heterocycles. The topological polar surface area (TPSA) is 30.0 Å². The largest absolute Gasteiger partial charge is 0.298 e. The van der Waals surface area contributed by atoms with Gasteiger partial charge in [0, 0.05) is 18.0 Å². The molecule has 2 rings (SSSR count). The van der Waals surface area contributed by atoms with E-state index in [1.807, 2.05) is 36.4 Å². The highest BCUT2D eigenvalue weighted by molar-refractivity contribution is 5.74. The molecule has 0 amide bonds. The monoisotopic (exact) mass is 197 g/mol. The number of rotatable bonds is 3. The van der Waals surface area contributed by atoms with Crippen LogP contribution in [0.15, 0.2) is 48.8 Å². The normalized spacial score (nSPS) is 9.87. The van der Waals surface area contributed by atoms with Gasteiger partial charge in [0.1, 0.15) is 6.29 Å². The molecule has 0 radical (unpaired) electrons. The number of nitrogens with zero attached hydrogens (tertiary/aromatic N) is 1. The van der Waals surface area contributed by atoms with Crippen LogP contribution in [0.4, 0.5) is 0 Å². The van der Waals surface area contributed by atoms with Crippen molar-refractivity contribution in [2.45, 2.75) is 6.42 Å². The van der Waals surface area contributed by atoms with Gasteiger partial charge in [0.25, 0.3) is 0 Å². The third kappa shape index (κ3) is 2.50. The van der Waals surface area contributed by atoms with Crippen LogP contribution in [0, 0.1) is 0 Å². The molecule has 0 atom stereocenters. The highest BCUT2D eigenvalue weighted by Gasteiger charge is 1.96. The molecular weight excluding hydrogens is 186 g/mol. The number of aromatic nitrogens is 1. The fourth-order valence-corrected chi connectivity index (χ4v) is 1.51. The zero-order chi connectivity index (χ0) is 10.5. The van der Waals surface area contributed by atoms with Gasteiger partial charge in [0.2, 0.25) is 0 Å². The molecule has 0 aliphatic carbocycles. The minimum Gasteiger partial charge on any atom is -0.298 e. The van der Waals surface area contributed by atoms with Crippen molar-refractivity contribution < 1.29 is 4.79 Å². The summed E-state index contributed by atoms with van der Waals surface area (Å²) in [5.74, 6) is 0. The van der Waals surface area contributed by atoms with Crippen molar-refractivity contribution in [3.8, 4) is 0 Å². The predicted molar refractivity (Wildman–Crippen MR) is 58.9 cm³/mol. The zero-order valence-electron chi connectivity index (χ0n) is 8.26. The van der Waals surface area contributed by atoms with E-state index in [0.717, 1.165) is 23.8 Å². The molecule has 2 nitrogen and oxygen atoms in total. The lowest BCUT2D eigenvalue weighted by Crippen LogP contribution is -1.89. The summed E-state index contributed by atoms with van der Waals surface area (Å²) < 4.78 is 0. The van der Waals surface area contributed by atoms with Crippen LogP contribution < -0.4 is 0 Å². The molecule has 0 saturated heterocycles. The van der Waals surface area contributed by atoms with Crippen LogP contribution >= 0.6 is 0 Å². The first kappa shape index (κ1) is 9.59. The van der Waals surface area contributed by atoms with Crippen molar-refractivity contribution in [3.63, 3.8) is 0 Å². The van der Waals surface area contributed by atoms with Crippen LogP contribution in [-0.2, 0) is 6.42 Å². The average molecular weight is 197 g/mol. The molecule has 1 heterocycles. The SMILES string of the molecule is O=Cc1cccc(Cc2ccncc2)c1. The first-order chi connectivity index (χ1) is 7.38. The maximum atomic E-state index is 10.6. The number of carbonyl (C=O) groups is 1. The summed E-state index contributed by atoms with van der Waals surface area (Å²) in [4.78, 5) is 14.6. The smallest absolute Gasteiger partial charge is 0.150 e. The summed E-state index contributed by atoms with van der Waals surface area (Å²) in [5.41, 5.74) is 3.07. The molecule has 2 heteroatoms.